The highest BCUT2D eigenvalue weighted by molar-refractivity contribution is 8.00. The first-order valence-corrected chi connectivity index (χ1v) is 14.9. The Morgan fingerprint density at radius 2 is 1.68 bits per heavy atom. The molecule has 41 heavy (non-hydrogen) atoms. The molecule has 1 aromatic heterocycles. The number of amides is 3. The zero-order chi connectivity index (χ0) is 28.8. The maximum Gasteiger partial charge on any atom is 0.308 e. The van der Waals surface area contributed by atoms with E-state index in [1.54, 1.807) is 79.9 Å². The van der Waals surface area contributed by atoms with Crippen LogP contribution in [0.5, 0.6) is 5.75 Å². The number of carbonyl (C=O) groups is 3. The zero-order valence-corrected chi connectivity index (χ0v) is 24.5. The minimum atomic E-state index is -0.833. The van der Waals surface area contributed by atoms with Crippen LogP contribution < -0.4 is 19.8 Å². The Bertz CT molecular complexity index is 1740. The normalized spacial score (nSPS) is 19.6. The van der Waals surface area contributed by atoms with Crippen LogP contribution in [-0.4, -0.2) is 34.6 Å². The Morgan fingerprint density at radius 1 is 0.951 bits per heavy atom. The van der Waals surface area contributed by atoms with Crippen molar-refractivity contribution in [3.8, 4) is 5.75 Å². The van der Waals surface area contributed by atoms with Gasteiger partial charge in [0.1, 0.15) is 17.5 Å². The van der Waals surface area contributed by atoms with Crippen molar-refractivity contribution in [2.24, 2.45) is 5.92 Å². The number of aromatic nitrogens is 1. The molecular formula is C29H21Cl2N3O5S2. The number of thiazole rings is 1. The van der Waals surface area contributed by atoms with Gasteiger partial charge in [-0.15, -0.1) is 0 Å². The maximum atomic E-state index is 13.9. The second-order valence-corrected chi connectivity index (χ2v) is 12.3. The number of methoxy groups -OCH3 is 1. The largest absolute Gasteiger partial charge is 0.497 e. The Morgan fingerprint density at radius 3 is 2.39 bits per heavy atom. The Labute approximate surface area is 252 Å². The van der Waals surface area contributed by atoms with E-state index in [0.29, 0.717) is 37.6 Å². The monoisotopic (exact) mass is 625 g/mol. The third-order valence-electron chi connectivity index (χ3n) is 7.06. The molecule has 6 rings (SSSR count). The van der Waals surface area contributed by atoms with E-state index >= 15 is 0 Å². The van der Waals surface area contributed by atoms with Gasteiger partial charge < -0.3 is 10.1 Å². The second-order valence-electron chi connectivity index (χ2n) is 9.43. The van der Waals surface area contributed by atoms with Gasteiger partial charge in [-0.1, -0.05) is 76.6 Å². The molecule has 0 bridgehead atoms. The molecule has 0 spiro atoms. The van der Waals surface area contributed by atoms with Crippen molar-refractivity contribution < 1.29 is 19.1 Å². The average Bonchev–Trinajstić information content (AvgIpc) is 3.41. The van der Waals surface area contributed by atoms with Crippen LogP contribution in [0, 0.1) is 5.92 Å². The number of ether oxygens (including phenoxy) is 1. The molecular weight excluding hydrogens is 605 g/mol. The fraction of sp³-hybridized carbons (Fsp3) is 0.172. The summed E-state index contributed by atoms with van der Waals surface area (Å²) in [6.07, 6.45) is 0. The van der Waals surface area contributed by atoms with Gasteiger partial charge in [-0.25, -0.2) is 4.90 Å². The van der Waals surface area contributed by atoms with Crippen molar-refractivity contribution in [1.29, 1.82) is 0 Å². The van der Waals surface area contributed by atoms with Gasteiger partial charge in [-0.3, -0.25) is 23.7 Å². The van der Waals surface area contributed by atoms with E-state index in [-0.39, 0.29) is 22.3 Å². The van der Waals surface area contributed by atoms with E-state index in [2.05, 4.69) is 5.32 Å². The lowest BCUT2D eigenvalue weighted by Gasteiger charge is -2.31. The van der Waals surface area contributed by atoms with Crippen LogP contribution in [0.1, 0.15) is 16.4 Å². The smallest absolute Gasteiger partial charge is 0.308 e. The van der Waals surface area contributed by atoms with Crippen molar-refractivity contribution in [1.82, 2.24) is 4.57 Å². The van der Waals surface area contributed by atoms with Gasteiger partial charge in [0.25, 0.3) is 0 Å². The Balaban J connectivity index is 1.41. The van der Waals surface area contributed by atoms with Crippen LogP contribution in [0.2, 0.25) is 10.0 Å². The van der Waals surface area contributed by atoms with E-state index < -0.39 is 28.9 Å². The third-order valence-corrected chi connectivity index (χ3v) is 10.5. The van der Waals surface area contributed by atoms with Crippen LogP contribution in [0.25, 0.3) is 0 Å². The van der Waals surface area contributed by atoms with E-state index in [9.17, 15) is 19.2 Å². The number of nitrogens with one attached hydrogen (secondary N) is 1. The fourth-order valence-corrected chi connectivity index (χ4v) is 8.39. The van der Waals surface area contributed by atoms with Gasteiger partial charge in [0.05, 0.1) is 33.8 Å². The number of hydrogen-bond acceptors (Lipinski definition) is 7. The number of imide groups is 1. The first-order chi connectivity index (χ1) is 19.8. The summed E-state index contributed by atoms with van der Waals surface area (Å²) in [4.78, 5) is 55.4. The molecule has 3 atom stereocenters. The van der Waals surface area contributed by atoms with E-state index in [1.807, 2.05) is 0 Å². The van der Waals surface area contributed by atoms with E-state index in [1.165, 1.54) is 9.47 Å². The van der Waals surface area contributed by atoms with E-state index in [4.69, 9.17) is 27.9 Å². The number of halogens is 2. The number of benzene rings is 3. The first-order valence-electron chi connectivity index (χ1n) is 12.5. The summed E-state index contributed by atoms with van der Waals surface area (Å²) in [5, 5.41) is 2.96. The molecule has 4 aromatic rings. The minimum absolute atomic E-state index is 0.249. The molecule has 3 aromatic carbocycles. The van der Waals surface area contributed by atoms with Crippen molar-refractivity contribution in [2.45, 2.75) is 22.7 Å². The van der Waals surface area contributed by atoms with Gasteiger partial charge in [-0.05, 0) is 48.0 Å². The molecule has 208 valence electrons. The van der Waals surface area contributed by atoms with Gasteiger partial charge >= 0.3 is 4.87 Å². The number of hydrogen-bond donors (Lipinski definition) is 1. The second kappa shape index (κ2) is 11.0. The van der Waals surface area contributed by atoms with Crippen molar-refractivity contribution >= 4 is 75.4 Å². The lowest BCUT2D eigenvalue weighted by atomic mass is 9.83. The molecule has 2 unspecified atom stereocenters. The molecule has 0 radical (unpaired) electrons. The number of nitrogens with zero attached hydrogens (tertiary/aromatic N) is 2. The molecule has 1 saturated heterocycles. The predicted octanol–water partition coefficient (Wildman–Crippen LogP) is 5.66. The van der Waals surface area contributed by atoms with Crippen LogP contribution in [0.3, 0.4) is 0 Å². The minimum Gasteiger partial charge on any atom is -0.497 e. The van der Waals surface area contributed by atoms with Gasteiger partial charge in [0.2, 0.25) is 17.7 Å². The third kappa shape index (κ3) is 4.84. The lowest BCUT2D eigenvalue weighted by Crippen LogP contribution is -2.33. The molecule has 8 nitrogen and oxygen atoms in total. The molecule has 0 saturated carbocycles. The number of carbonyl (C=O) groups excluding carboxylic acids is 3. The summed E-state index contributed by atoms with van der Waals surface area (Å²) in [5.41, 5.74) is 1.55. The van der Waals surface area contributed by atoms with Gasteiger partial charge in [-0.2, -0.15) is 0 Å². The van der Waals surface area contributed by atoms with Crippen molar-refractivity contribution in [2.75, 3.05) is 17.3 Å². The lowest BCUT2D eigenvalue weighted by molar-refractivity contribution is -0.122. The fourth-order valence-electron chi connectivity index (χ4n) is 5.20. The van der Waals surface area contributed by atoms with Crippen LogP contribution in [-0.2, 0) is 20.9 Å². The molecule has 2 aliphatic rings. The van der Waals surface area contributed by atoms with Crippen LogP contribution in [0.15, 0.2) is 82.6 Å². The number of fused-ring (bicyclic) bond motifs is 2. The first kappa shape index (κ1) is 27.6. The summed E-state index contributed by atoms with van der Waals surface area (Å²) in [6.45, 7) is -0.276. The Hall–Kier alpha value is -3.57. The molecule has 2 aliphatic heterocycles. The summed E-state index contributed by atoms with van der Waals surface area (Å²) in [7, 11) is 1.55. The summed E-state index contributed by atoms with van der Waals surface area (Å²) < 4.78 is 6.51. The molecule has 1 fully saturated rings. The topological polar surface area (TPSA) is 97.7 Å². The SMILES string of the molecule is COc1ccc(NC(=O)Cn2c3c(sc2=O)[C@H](c2cccc(Cl)c2Cl)C2C(=O)N(c4ccccc4)C(=O)C2S3)cc1. The molecule has 3 heterocycles. The number of para-hydroxylation sites is 1. The average molecular weight is 627 g/mol. The number of thioether (sulfide) groups is 1. The van der Waals surface area contributed by atoms with Gasteiger partial charge in [0, 0.05) is 16.5 Å². The summed E-state index contributed by atoms with van der Waals surface area (Å²) in [5.74, 6) is -2.08. The standard InChI is InChI=1S/C29H21Cl2N3O5S2/c1-39-17-12-10-15(11-13-17)32-20(35)14-33-28-25(41-29(33)38)21(18-8-5-9-19(30)23(18)31)22-24(40-28)27(37)34(26(22)36)16-6-3-2-4-7-16/h2-13,21-22,24H,14H2,1H3,(H,32,35)/t21-,22?,24?/m1/s1. The van der Waals surface area contributed by atoms with Crippen LogP contribution >= 0.6 is 46.3 Å². The van der Waals surface area contributed by atoms with Gasteiger partial charge in [0.15, 0.2) is 0 Å². The molecule has 1 N–H and O–H groups in total. The summed E-state index contributed by atoms with van der Waals surface area (Å²) in [6, 6.07) is 20.6. The van der Waals surface area contributed by atoms with E-state index in [0.717, 1.165) is 23.1 Å². The highest BCUT2D eigenvalue weighted by atomic mass is 35.5. The quantitative estimate of drug-likeness (QED) is 0.278. The molecule has 12 heteroatoms. The zero-order valence-electron chi connectivity index (χ0n) is 21.4. The maximum absolute atomic E-state index is 13.9. The number of rotatable bonds is 6. The highest BCUT2D eigenvalue weighted by Crippen LogP contribution is 2.55. The highest BCUT2D eigenvalue weighted by Gasteiger charge is 2.57. The molecule has 0 aliphatic carbocycles. The molecule has 3 amide bonds. The Kier molecular flexibility index (Phi) is 7.41. The predicted molar refractivity (Wildman–Crippen MR) is 161 cm³/mol. The van der Waals surface area contributed by atoms with Crippen molar-refractivity contribution in [3.05, 3.63) is 103 Å². The van der Waals surface area contributed by atoms with Crippen molar-refractivity contribution in [3.63, 3.8) is 0 Å². The number of anilines is 2. The van der Waals surface area contributed by atoms with Crippen LogP contribution in [0.4, 0.5) is 11.4 Å². The summed E-state index contributed by atoms with van der Waals surface area (Å²) >= 11 is 15.1.